The van der Waals surface area contributed by atoms with Crippen LogP contribution in [0.3, 0.4) is 0 Å². The maximum atomic E-state index is 11.6. The summed E-state index contributed by atoms with van der Waals surface area (Å²) in [6, 6.07) is -0.512. The van der Waals surface area contributed by atoms with Gasteiger partial charge in [-0.1, -0.05) is 20.8 Å². The van der Waals surface area contributed by atoms with Crippen molar-refractivity contribution in [1.29, 1.82) is 0 Å². The number of aliphatic hydroxyl groups is 2. The van der Waals surface area contributed by atoms with Gasteiger partial charge in [-0.15, -0.1) is 0 Å². The van der Waals surface area contributed by atoms with Crippen LogP contribution >= 0.6 is 0 Å². The van der Waals surface area contributed by atoms with Gasteiger partial charge in [-0.3, -0.25) is 9.69 Å². The Morgan fingerprint density at radius 3 is 2.53 bits per heavy atom. The summed E-state index contributed by atoms with van der Waals surface area (Å²) in [5, 5.41) is 18.8. The van der Waals surface area contributed by atoms with Crippen molar-refractivity contribution >= 4 is 5.91 Å². The molecule has 15 heavy (non-hydrogen) atoms. The minimum atomic E-state index is -0.546. The minimum Gasteiger partial charge on any atom is -0.506 e. The molecule has 0 aliphatic carbocycles. The summed E-state index contributed by atoms with van der Waals surface area (Å²) in [5.41, 5.74) is -0.241. The molecule has 0 bridgehead atoms. The molecule has 2 atom stereocenters. The highest BCUT2D eigenvalue weighted by Gasteiger charge is 2.51. The molecular formula is C10H15NO4. The van der Waals surface area contributed by atoms with Crippen molar-refractivity contribution in [1.82, 2.24) is 4.90 Å². The van der Waals surface area contributed by atoms with Crippen LogP contribution in [-0.2, 0) is 9.53 Å². The zero-order chi connectivity index (χ0) is 11.4. The fourth-order valence-corrected chi connectivity index (χ4v) is 2.02. The number of fused-ring (bicyclic) bond motifs is 1. The Morgan fingerprint density at radius 1 is 1.40 bits per heavy atom. The van der Waals surface area contributed by atoms with Gasteiger partial charge in [0.05, 0.1) is 6.61 Å². The second-order valence-corrected chi connectivity index (χ2v) is 5.01. The largest absolute Gasteiger partial charge is 0.506 e. The smallest absolute Gasteiger partial charge is 0.295 e. The van der Waals surface area contributed by atoms with Crippen molar-refractivity contribution in [2.75, 3.05) is 6.61 Å². The summed E-state index contributed by atoms with van der Waals surface area (Å²) >= 11 is 0. The normalized spacial score (nSPS) is 31.4. The molecule has 2 rings (SSSR count). The maximum absolute atomic E-state index is 11.6. The highest BCUT2D eigenvalue weighted by molar-refractivity contribution is 5.95. The first-order valence-corrected chi connectivity index (χ1v) is 4.90. The lowest BCUT2D eigenvalue weighted by Crippen LogP contribution is -2.44. The summed E-state index contributed by atoms with van der Waals surface area (Å²) in [6.45, 7) is 6.07. The lowest BCUT2D eigenvalue weighted by molar-refractivity contribution is -0.139. The Morgan fingerprint density at radius 2 is 2.00 bits per heavy atom. The number of carbonyl (C=O) groups is 1. The number of rotatable bonds is 0. The number of carbonyl (C=O) groups excluding carboxylic acids is 1. The molecule has 0 aromatic heterocycles. The predicted octanol–water partition coefficient (Wildman–Crippen LogP) is 0.927. The van der Waals surface area contributed by atoms with Crippen molar-refractivity contribution in [2.24, 2.45) is 5.41 Å². The van der Waals surface area contributed by atoms with E-state index in [1.54, 1.807) is 0 Å². The highest BCUT2D eigenvalue weighted by atomic mass is 16.5. The van der Waals surface area contributed by atoms with E-state index < -0.39 is 23.9 Å². The minimum absolute atomic E-state index is 0.240. The highest BCUT2D eigenvalue weighted by Crippen LogP contribution is 2.38. The quantitative estimate of drug-likeness (QED) is 0.628. The monoisotopic (exact) mass is 213 g/mol. The summed E-state index contributed by atoms with van der Waals surface area (Å²) in [6.07, 6.45) is -0.401. The van der Waals surface area contributed by atoms with Crippen LogP contribution < -0.4 is 0 Å². The van der Waals surface area contributed by atoms with E-state index in [-0.39, 0.29) is 17.8 Å². The molecule has 0 spiro atoms. The van der Waals surface area contributed by atoms with Crippen molar-refractivity contribution < 1.29 is 19.7 Å². The van der Waals surface area contributed by atoms with E-state index in [0.717, 1.165) is 0 Å². The van der Waals surface area contributed by atoms with Crippen molar-refractivity contribution in [3.8, 4) is 0 Å². The molecule has 0 radical (unpaired) electrons. The Bertz CT molecular complexity index is 342. The number of ether oxygens (including phenoxy) is 1. The zero-order valence-electron chi connectivity index (χ0n) is 9.02. The third kappa shape index (κ3) is 1.30. The SMILES string of the molecule is CC(C)(C)[C@H]1OC[C@@H]2C(O)=C(O)C(=O)N21. The fraction of sp³-hybridized carbons (Fsp3) is 0.700. The lowest BCUT2D eigenvalue weighted by Gasteiger charge is -2.32. The van der Waals surface area contributed by atoms with Crippen LogP contribution in [-0.4, -0.2) is 39.9 Å². The zero-order valence-corrected chi connectivity index (χ0v) is 9.02. The molecule has 0 aromatic carbocycles. The third-order valence-corrected chi connectivity index (χ3v) is 2.74. The average molecular weight is 213 g/mol. The van der Waals surface area contributed by atoms with Gasteiger partial charge in [-0.25, -0.2) is 0 Å². The van der Waals surface area contributed by atoms with Crippen molar-refractivity contribution in [3.05, 3.63) is 11.5 Å². The van der Waals surface area contributed by atoms with Crippen molar-refractivity contribution in [3.63, 3.8) is 0 Å². The number of nitrogens with zero attached hydrogens (tertiary/aromatic N) is 1. The molecule has 1 saturated heterocycles. The number of hydrogen-bond acceptors (Lipinski definition) is 4. The van der Waals surface area contributed by atoms with E-state index in [2.05, 4.69) is 0 Å². The van der Waals surface area contributed by atoms with E-state index in [0.29, 0.717) is 0 Å². The first-order chi connectivity index (χ1) is 6.84. The van der Waals surface area contributed by atoms with Crippen LogP contribution in [0.4, 0.5) is 0 Å². The maximum Gasteiger partial charge on any atom is 0.295 e. The molecular weight excluding hydrogens is 198 g/mol. The first-order valence-electron chi connectivity index (χ1n) is 4.90. The van der Waals surface area contributed by atoms with Crippen LogP contribution in [0.1, 0.15) is 20.8 Å². The Labute approximate surface area is 87.9 Å². The van der Waals surface area contributed by atoms with Gasteiger partial charge < -0.3 is 14.9 Å². The average Bonchev–Trinajstić information content (AvgIpc) is 2.63. The Balaban J connectivity index is 2.32. The van der Waals surface area contributed by atoms with Gasteiger partial charge in [-0.05, 0) is 0 Å². The summed E-state index contributed by atoms with van der Waals surface area (Å²) in [5.74, 6) is -1.36. The molecule has 0 aromatic rings. The second kappa shape index (κ2) is 2.88. The predicted molar refractivity (Wildman–Crippen MR) is 52.1 cm³/mol. The number of amides is 1. The third-order valence-electron chi connectivity index (χ3n) is 2.74. The molecule has 2 N–H and O–H groups in total. The molecule has 1 amide bonds. The fourth-order valence-electron chi connectivity index (χ4n) is 2.02. The van der Waals surface area contributed by atoms with Gasteiger partial charge >= 0.3 is 0 Å². The molecule has 0 saturated carbocycles. The first kappa shape index (κ1) is 10.3. The van der Waals surface area contributed by atoms with Crippen LogP contribution in [0, 0.1) is 5.41 Å². The van der Waals surface area contributed by atoms with Crippen LogP contribution in [0.5, 0.6) is 0 Å². The van der Waals surface area contributed by atoms with Gasteiger partial charge in [-0.2, -0.15) is 0 Å². The van der Waals surface area contributed by atoms with Gasteiger partial charge in [0.1, 0.15) is 12.3 Å². The van der Waals surface area contributed by atoms with E-state index in [9.17, 15) is 15.0 Å². The van der Waals surface area contributed by atoms with Crippen LogP contribution in [0.25, 0.3) is 0 Å². The van der Waals surface area contributed by atoms with Crippen molar-refractivity contribution in [2.45, 2.75) is 33.0 Å². The molecule has 2 heterocycles. The molecule has 5 nitrogen and oxygen atoms in total. The van der Waals surface area contributed by atoms with E-state index in [1.807, 2.05) is 20.8 Å². The van der Waals surface area contributed by atoms with Gasteiger partial charge in [0.15, 0.2) is 5.76 Å². The number of aliphatic hydroxyl groups excluding tert-OH is 2. The standard InChI is InChI=1S/C10H15NO4/c1-10(2,3)9-11-5(4-15-9)6(12)7(13)8(11)14/h5,9,12-13H,4H2,1-3H3/t5-,9-/m1/s1. The summed E-state index contributed by atoms with van der Waals surface area (Å²) in [4.78, 5) is 13.0. The topological polar surface area (TPSA) is 70.0 Å². The lowest BCUT2D eigenvalue weighted by atomic mass is 9.93. The van der Waals surface area contributed by atoms with E-state index in [1.165, 1.54) is 4.90 Å². The Hall–Kier alpha value is -1.23. The molecule has 84 valence electrons. The van der Waals surface area contributed by atoms with E-state index in [4.69, 9.17) is 4.74 Å². The molecule has 5 heteroatoms. The Kier molecular flexibility index (Phi) is 1.98. The molecule has 1 fully saturated rings. The van der Waals surface area contributed by atoms with Crippen LogP contribution in [0.15, 0.2) is 11.5 Å². The molecule has 2 aliphatic heterocycles. The molecule has 0 unspecified atom stereocenters. The summed E-state index contributed by atoms with van der Waals surface area (Å²) in [7, 11) is 0. The van der Waals surface area contributed by atoms with E-state index >= 15 is 0 Å². The second-order valence-electron chi connectivity index (χ2n) is 5.01. The van der Waals surface area contributed by atoms with Gasteiger partial charge in [0, 0.05) is 5.41 Å². The molecule has 2 aliphatic rings. The van der Waals surface area contributed by atoms with Crippen LogP contribution in [0.2, 0.25) is 0 Å². The summed E-state index contributed by atoms with van der Waals surface area (Å²) < 4.78 is 5.47. The van der Waals surface area contributed by atoms with Gasteiger partial charge in [0.25, 0.3) is 5.91 Å². The van der Waals surface area contributed by atoms with Gasteiger partial charge in [0.2, 0.25) is 5.76 Å². The number of hydrogen-bond donors (Lipinski definition) is 2.